The molecule has 1 N–H and O–H groups in total. The second-order valence-corrected chi connectivity index (χ2v) is 5.70. The van der Waals surface area contributed by atoms with Gasteiger partial charge >= 0.3 is 0 Å². The maximum atomic E-state index is 12.1. The second kappa shape index (κ2) is 8.44. The fraction of sp³-hybridized carbons (Fsp3) is 0.278. The number of likely N-dealkylation sites (N-methyl/N-ethyl adjacent to an activating group) is 1. The predicted molar refractivity (Wildman–Crippen MR) is 94.3 cm³/mol. The van der Waals surface area contributed by atoms with Crippen molar-refractivity contribution >= 4 is 23.2 Å². The first-order valence-corrected chi connectivity index (χ1v) is 7.90. The fourth-order valence-electron chi connectivity index (χ4n) is 2.10. The molecule has 0 heterocycles. The summed E-state index contributed by atoms with van der Waals surface area (Å²) in [4.78, 5) is 14.1. The standard InChI is InChI=1S/C18H21ClN2O2/c1-14(23-17-10-6-7-15(19)13-17)18(22)20-11-12-21(2)16-8-4-3-5-9-16/h3-10,13-14H,11-12H2,1-2H3,(H,20,22)/t14-/m1/s1. The number of carbonyl (C=O) groups excluding carboxylic acids is 1. The van der Waals surface area contributed by atoms with Gasteiger partial charge in [-0.05, 0) is 37.3 Å². The largest absolute Gasteiger partial charge is 0.481 e. The average Bonchev–Trinajstić information content (AvgIpc) is 2.55. The van der Waals surface area contributed by atoms with Gasteiger partial charge in [0.05, 0.1) is 0 Å². The number of hydrogen-bond acceptors (Lipinski definition) is 3. The van der Waals surface area contributed by atoms with Crippen LogP contribution in [-0.2, 0) is 4.79 Å². The second-order valence-electron chi connectivity index (χ2n) is 5.27. The van der Waals surface area contributed by atoms with Gasteiger partial charge in [0.1, 0.15) is 5.75 Å². The average molecular weight is 333 g/mol. The van der Waals surface area contributed by atoms with Gasteiger partial charge < -0.3 is 15.0 Å². The summed E-state index contributed by atoms with van der Waals surface area (Å²) in [7, 11) is 1.99. The fourth-order valence-corrected chi connectivity index (χ4v) is 2.28. The normalized spacial score (nSPS) is 11.6. The van der Waals surface area contributed by atoms with Gasteiger partial charge in [-0.1, -0.05) is 35.9 Å². The molecule has 0 aliphatic rings. The maximum Gasteiger partial charge on any atom is 0.260 e. The lowest BCUT2D eigenvalue weighted by Crippen LogP contribution is -2.40. The molecule has 0 fully saturated rings. The van der Waals surface area contributed by atoms with E-state index in [4.69, 9.17) is 16.3 Å². The van der Waals surface area contributed by atoms with E-state index >= 15 is 0 Å². The monoisotopic (exact) mass is 332 g/mol. The molecule has 5 heteroatoms. The van der Waals surface area contributed by atoms with Gasteiger partial charge in [0.15, 0.2) is 6.10 Å². The zero-order valence-electron chi connectivity index (χ0n) is 13.3. The number of benzene rings is 2. The molecule has 0 aromatic heterocycles. The number of halogens is 1. The predicted octanol–water partition coefficient (Wildman–Crippen LogP) is 3.36. The summed E-state index contributed by atoms with van der Waals surface area (Å²) in [5, 5.41) is 3.46. The number of rotatable bonds is 7. The number of amides is 1. The van der Waals surface area contributed by atoms with E-state index in [2.05, 4.69) is 10.2 Å². The van der Waals surface area contributed by atoms with Crippen molar-refractivity contribution in [1.82, 2.24) is 5.32 Å². The highest BCUT2D eigenvalue weighted by molar-refractivity contribution is 6.30. The van der Waals surface area contributed by atoms with E-state index in [9.17, 15) is 4.79 Å². The van der Waals surface area contributed by atoms with E-state index in [1.807, 2.05) is 37.4 Å². The van der Waals surface area contributed by atoms with Crippen molar-refractivity contribution in [1.29, 1.82) is 0 Å². The molecule has 0 unspecified atom stereocenters. The van der Waals surface area contributed by atoms with Crippen molar-refractivity contribution in [2.75, 3.05) is 25.0 Å². The van der Waals surface area contributed by atoms with Gasteiger partial charge in [-0.15, -0.1) is 0 Å². The van der Waals surface area contributed by atoms with Crippen LogP contribution in [0, 0.1) is 0 Å². The van der Waals surface area contributed by atoms with Crippen molar-refractivity contribution in [3.8, 4) is 5.75 Å². The topological polar surface area (TPSA) is 41.6 Å². The van der Waals surface area contributed by atoms with Gasteiger partial charge in [-0.2, -0.15) is 0 Å². The Morgan fingerprint density at radius 3 is 2.65 bits per heavy atom. The third kappa shape index (κ3) is 5.49. The molecule has 2 rings (SSSR count). The van der Waals surface area contributed by atoms with Crippen LogP contribution in [-0.4, -0.2) is 32.1 Å². The van der Waals surface area contributed by atoms with Crippen molar-refractivity contribution in [2.24, 2.45) is 0 Å². The lowest BCUT2D eigenvalue weighted by molar-refractivity contribution is -0.127. The number of nitrogens with one attached hydrogen (secondary N) is 1. The van der Waals surface area contributed by atoms with Crippen LogP contribution in [0.5, 0.6) is 5.75 Å². The minimum Gasteiger partial charge on any atom is -0.481 e. The van der Waals surface area contributed by atoms with E-state index < -0.39 is 6.10 Å². The van der Waals surface area contributed by atoms with Crippen LogP contribution >= 0.6 is 11.6 Å². The van der Waals surface area contributed by atoms with E-state index in [1.54, 1.807) is 31.2 Å². The van der Waals surface area contributed by atoms with Crippen molar-refractivity contribution in [3.05, 3.63) is 59.6 Å². The number of anilines is 1. The molecular formula is C18H21ClN2O2. The number of ether oxygens (including phenoxy) is 1. The maximum absolute atomic E-state index is 12.1. The summed E-state index contributed by atoms with van der Waals surface area (Å²) in [6, 6.07) is 17.0. The van der Waals surface area contributed by atoms with Crippen LogP contribution in [0.15, 0.2) is 54.6 Å². The van der Waals surface area contributed by atoms with E-state index in [0.717, 1.165) is 12.2 Å². The van der Waals surface area contributed by atoms with Crippen molar-refractivity contribution in [3.63, 3.8) is 0 Å². The van der Waals surface area contributed by atoms with Crippen molar-refractivity contribution in [2.45, 2.75) is 13.0 Å². The van der Waals surface area contributed by atoms with Crippen molar-refractivity contribution < 1.29 is 9.53 Å². The minimum absolute atomic E-state index is 0.147. The van der Waals surface area contributed by atoms with E-state index in [0.29, 0.717) is 17.3 Å². The van der Waals surface area contributed by atoms with Gasteiger partial charge in [0.2, 0.25) is 0 Å². The SMILES string of the molecule is C[C@@H](Oc1cccc(Cl)c1)C(=O)NCCN(C)c1ccccc1. The smallest absolute Gasteiger partial charge is 0.260 e. The first kappa shape index (κ1) is 17.2. The van der Waals surface area contributed by atoms with Gasteiger partial charge in [-0.25, -0.2) is 0 Å². The molecule has 2 aromatic rings. The third-order valence-corrected chi connectivity index (χ3v) is 3.66. The highest BCUT2D eigenvalue weighted by atomic mass is 35.5. The Morgan fingerprint density at radius 2 is 1.96 bits per heavy atom. The zero-order valence-corrected chi connectivity index (χ0v) is 14.1. The molecule has 1 atom stereocenters. The molecule has 0 spiro atoms. The van der Waals surface area contributed by atoms with Gasteiger partial charge in [-0.3, -0.25) is 4.79 Å². The first-order chi connectivity index (χ1) is 11.1. The number of nitrogens with zero attached hydrogens (tertiary/aromatic N) is 1. The first-order valence-electron chi connectivity index (χ1n) is 7.52. The summed E-state index contributed by atoms with van der Waals surface area (Å²) in [6.45, 7) is 2.99. The summed E-state index contributed by atoms with van der Waals surface area (Å²) < 4.78 is 5.59. The summed E-state index contributed by atoms with van der Waals surface area (Å²) in [5.41, 5.74) is 1.12. The molecule has 122 valence electrons. The molecule has 4 nitrogen and oxygen atoms in total. The molecule has 23 heavy (non-hydrogen) atoms. The Bertz CT molecular complexity index is 634. The lowest BCUT2D eigenvalue weighted by atomic mass is 10.3. The quantitative estimate of drug-likeness (QED) is 0.845. The molecule has 0 aliphatic carbocycles. The third-order valence-electron chi connectivity index (χ3n) is 3.42. The van der Waals surface area contributed by atoms with Crippen LogP contribution in [0.4, 0.5) is 5.69 Å². The minimum atomic E-state index is -0.574. The van der Waals surface area contributed by atoms with E-state index in [-0.39, 0.29) is 5.91 Å². The number of hydrogen-bond donors (Lipinski definition) is 1. The van der Waals surface area contributed by atoms with Crippen LogP contribution < -0.4 is 15.0 Å². The Hall–Kier alpha value is -2.20. The van der Waals surface area contributed by atoms with Gasteiger partial charge in [0, 0.05) is 30.8 Å². The molecule has 0 saturated heterocycles. The lowest BCUT2D eigenvalue weighted by Gasteiger charge is -2.20. The molecule has 0 saturated carbocycles. The molecule has 2 aromatic carbocycles. The van der Waals surface area contributed by atoms with E-state index in [1.165, 1.54) is 0 Å². The number of para-hydroxylation sites is 1. The zero-order chi connectivity index (χ0) is 16.7. The molecular weight excluding hydrogens is 312 g/mol. The number of carbonyl (C=O) groups is 1. The molecule has 0 bridgehead atoms. The molecule has 0 radical (unpaired) electrons. The summed E-state index contributed by atoms with van der Waals surface area (Å²) in [5.74, 6) is 0.438. The Labute approximate surface area is 142 Å². The molecule has 0 aliphatic heterocycles. The van der Waals surface area contributed by atoms with Gasteiger partial charge in [0.25, 0.3) is 5.91 Å². The Balaban J connectivity index is 1.76. The summed E-state index contributed by atoms with van der Waals surface area (Å²) >= 11 is 5.90. The van der Waals surface area contributed by atoms with Crippen LogP contribution in [0.2, 0.25) is 5.02 Å². The molecule has 1 amide bonds. The highest BCUT2D eigenvalue weighted by Gasteiger charge is 2.14. The van der Waals surface area contributed by atoms with Crippen LogP contribution in [0.1, 0.15) is 6.92 Å². The highest BCUT2D eigenvalue weighted by Crippen LogP contribution is 2.18. The Kier molecular flexibility index (Phi) is 6.29. The van der Waals surface area contributed by atoms with Crippen LogP contribution in [0.3, 0.4) is 0 Å². The summed E-state index contributed by atoms with van der Waals surface area (Å²) in [6.07, 6.45) is -0.574. The van der Waals surface area contributed by atoms with Crippen LogP contribution in [0.25, 0.3) is 0 Å². The Morgan fingerprint density at radius 1 is 1.22 bits per heavy atom.